The molecule has 5 atom stereocenters. The number of methoxy groups -OCH3 is 1. The second-order valence-corrected chi connectivity index (χ2v) is 7.81. The highest BCUT2D eigenvalue weighted by atomic mass is 16.7. The summed E-state index contributed by atoms with van der Waals surface area (Å²) >= 11 is 0. The lowest BCUT2D eigenvalue weighted by Gasteiger charge is -2.47. The lowest BCUT2D eigenvalue weighted by molar-refractivity contribution is -0.311. The molecule has 0 spiro atoms. The predicted octanol–water partition coefficient (Wildman–Crippen LogP) is -0.0316. The topological polar surface area (TPSA) is 146 Å². The molecule has 0 aliphatic carbocycles. The Balaban J connectivity index is 3.66. The SMILES string of the molecule is COC(=O)[C@@]1(C(=O)C(C)C)O[C@@H](O)[C@H](O)[C@@H](OC(=O)C(C)C)[C@@H]1OC(=O)C(C)C. The van der Waals surface area contributed by atoms with Crippen LogP contribution >= 0.6 is 0 Å². The summed E-state index contributed by atoms with van der Waals surface area (Å²) in [5.74, 6) is -5.90. The number of carbonyl (C=O) groups excluding carboxylic acids is 4. The third kappa shape index (κ3) is 4.93. The van der Waals surface area contributed by atoms with Gasteiger partial charge in [-0.1, -0.05) is 41.5 Å². The lowest BCUT2D eigenvalue weighted by Crippen LogP contribution is -2.73. The van der Waals surface area contributed by atoms with Gasteiger partial charge in [0.1, 0.15) is 6.10 Å². The zero-order chi connectivity index (χ0) is 22.7. The average molecular weight is 418 g/mol. The molecule has 0 saturated carbocycles. The number of carbonyl (C=O) groups is 4. The molecule has 10 nitrogen and oxygen atoms in total. The fourth-order valence-corrected chi connectivity index (χ4v) is 2.76. The Hall–Kier alpha value is -2.04. The second-order valence-electron chi connectivity index (χ2n) is 7.81. The van der Waals surface area contributed by atoms with Crippen molar-refractivity contribution in [1.82, 2.24) is 0 Å². The Morgan fingerprint density at radius 3 is 1.76 bits per heavy atom. The van der Waals surface area contributed by atoms with Crippen LogP contribution in [0.25, 0.3) is 0 Å². The van der Waals surface area contributed by atoms with Gasteiger partial charge in [0.2, 0.25) is 0 Å². The van der Waals surface area contributed by atoms with Crippen LogP contribution in [-0.4, -0.2) is 71.2 Å². The molecule has 0 aromatic carbocycles. The minimum atomic E-state index is -2.63. The van der Waals surface area contributed by atoms with Gasteiger partial charge in [0.15, 0.2) is 24.3 Å². The van der Waals surface area contributed by atoms with E-state index in [4.69, 9.17) is 18.9 Å². The molecule has 1 heterocycles. The van der Waals surface area contributed by atoms with Crippen molar-refractivity contribution in [2.75, 3.05) is 7.11 Å². The maximum Gasteiger partial charge on any atom is 0.350 e. The summed E-state index contributed by atoms with van der Waals surface area (Å²) in [5, 5.41) is 20.6. The van der Waals surface area contributed by atoms with Crippen LogP contribution in [0.15, 0.2) is 0 Å². The van der Waals surface area contributed by atoms with Crippen molar-refractivity contribution in [3.63, 3.8) is 0 Å². The first-order chi connectivity index (χ1) is 13.3. The van der Waals surface area contributed by atoms with Gasteiger partial charge >= 0.3 is 17.9 Å². The number of ether oxygens (including phenoxy) is 4. The quantitative estimate of drug-likeness (QED) is 0.328. The molecule has 0 unspecified atom stereocenters. The molecule has 2 N–H and O–H groups in total. The van der Waals surface area contributed by atoms with Crippen molar-refractivity contribution in [3.05, 3.63) is 0 Å². The van der Waals surface area contributed by atoms with Crippen LogP contribution in [0.2, 0.25) is 0 Å². The van der Waals surface area contributed by atoms with E-state index in [1.807, 2.05) is 0 Å². The lowest BCUT2D eigenvalue weighted by atomic mass is 9.79. The molecule has 29 heavy (non-hydrogen) atoms. The molecule has 0 bridgehead atoms. The number of esters is 3. The molecule has 0 radical (unpaired) electrons. The summed E-state index contributed by atoms with van der Waals surface area (Å²) in [6, 6.07) is 0. The summed E-state index contributed by atoms with van der Waals surface area (Å²) in [6.45, 7) is 8.99. The van der Waals surface area contributed by atoms with Crippen LogP contribution in [-0.2, 0) is 38.1 Å². The van der Waals surface area contributed by atoms with E-state index in [1.54, 1.807) is 0 Å². The van der Waals surface area contributed by atoms with Crippen molar-refractivity contribution in [2.24, 2.45) is 17.8 Å². The van der Waals surface area contributed by atoms with Gasteiger partial charge in [-0.15, -0.1) is 0 Å². The van der Waals surface area contributed by atoms with Crippen LogP contribution < -0.4 is 0 Å². The predicted molar refractivity (Wildman–Crippen MR) is 97.1 cm³/mol. The molecule has 10 heteroatoms. The Morgan fingerprint density at radius 2 is 1.34 bits per heavy atom. The molecule has 0 aromatic heterocycles. The normalized spacial score (nSPS) is 29.7. The molecular weight excluding hydrogens is 388 g/mol. The average Bonchev–Trinajstić information content (AvgIpc) is 2.65. The van der Waals surface area contributed by atoms with Gasteiger partial charge in [-0.3, -0.25) is 14.4 Å². The van der Waals surface area contributed by atoms with Gasteiger partial charge in [-0.05, 0) is 0 Å². The summed E-state index contributed by atoms with van der Waals surface area (Å²) in [7, 11) is 0.981. The third-order valence-electron chi connectivity index (χ3n) is 4.45. The monoisotopic (exact) mass is 418 g/mol. The van der Waals surface area contributed by atoms with Gasteiger partial charge in [-0.25, -0.2) is 4.79 Å². The van der Waals surface area contributed by atoms with Gasteiger partial charge in [-0.2, -0.15) is 0 Å². The van der Waals surface area contributed by atoms with E-state index in [2.05, 4.69) is 0 Å². The molecular formula is C19H30O10. The van der Waals surface area contributed by atoms with E-state index >= 15 is 0 Å². The Kier molecular flexibility index (Phi) is 8.31. The minimum absolute atomic E-state index is 0.642. The van der Waals surface area contributed by atoms with Crippen LogP contribution in [0.3, 0.4) is 0 Å². The molecule has 166 valence electrons. The fourth-order valence-electron chi connectivity index (χ4n) is 2.76. The Morgan fingerprint density at radius 1 is 0.862 bits per heavy atom. The smallest absolute Gasteiger partial charge is 0.350 e. The van der Waals surface area contributed by atoms with Crippen LogP contribution in [0.4, 0.5) is 0 Å². The van der Waals surface area contributed by atoms with Gasteiger partial charge in [0.25, 0.3) is 5.60 Å². The Labute approximate surface area is 169 Å². The molecule has 0 amide bonds. The number of aliphatic hydroxyl groups excluding tert-OH is 2. The van der Waals surface area contributed by atoms with E-state index in [9.17, 15) is 29.4 Å². The van der Waals surface area contributed by atoms with E-state index in [0.717, 1.165) is 7.11 Å². The first-order valence-electron chi connectivity index (χ1n) is 9.38. The van der Waals surface area contributed by atoms with Gasteiger partial charge in [0, 0.05) is 5.92 Å². The zero-order valence-electron chi connectivity index (χ0n) is 17.7. The largest absolute Gasteiger partial charge is 0.466 e. The first-order valence-corrected chi connectivity index (χ1v) is 9.38. The van der Waals surface area contributed by atoms with Gasteiger partial charge in [0.05, 0.1) is 18.9 Å². The fraction of sp³-hybridized carbons (Fsp3) is 0.789. The molecule has 1 saturated heterocycles. The highest BCUT2D eigenvalue weighted by Crippen LogP contribution is 2.37. The second kappa shape index (κ2) is 9.64. The number of aliphatic hydroxyl groups is 2. The van der Waals surface area contributed by atoms with E-state index in [-0.39, 0.29) is 0 Å². The molecule has 0 aromatic rings. The maximum atomic E-state index is 13.0. The molecule has 1 aliphatic rings. The van der Waals surface area contributed by atoms with Crippen LogP contribution in [0, 0.1) is 17.8 Å². The van der Waals surface area contributed by atoms with Crippen molar-refractivity contribution in [3.8, 4) is 0 Å². The number of hydrogen-bond donors (Lipinski definition) is 2. The van der Waals surface area contributed by atoms with E-state index in [0.29, 0.717) is 0 Å². The highest BCUT2D eigenvalue weighted by molar-refractivity contribution is 6.09. The van der Waals surface area contributed by atoms with Gasteiger partial charge < -0.3 is 29.2 Å². The summed E-state index contributed by atoms with van der Waals surface area (Å²) < 4.78 is 20.5. The number of hydrogen-bond acceptors (Lipinski definition) is 10. The van der Waals surface area contributed by atoms with Crippen LogP contribution in [0.5, 0.6) is 0 Å². The van der Waals surface area contributed by atoms with E-state index < -0.39 is 71.6 Å². The minimum Gasteiger partial charge on any atom is -0.466 e. The summed E-state index contributed by atoms with van der Waals surface area (Å²) in [4.78, 5) is 50.3. The van der Waals surface area contributed by atoms with Crippen LogP contribution in [0.1, 0.15) is 41.5 Å². The molecule has 1 aliphatic heterocycles. The number of ketones is 1. The highest BCUT2D eigenvalue weighted by Gasteiger charge is 2.67. The van der Waals surface area contributed by atoms with Crippen molar-refractivity contribution in [2.45, 2.75) is 71.7 Å². The third-order valence-corrected chi connectivity index (χ3v) is 4.45. The molecule has 1 rings (SSSR count). The first kappa shape index (κ1) is 25.0. The van der Waals surface area contributed by atoms with Crippen molar-refractivity contribution in [1.29, 1.82) is 0 Å². The zero-order valence-corrected chi connectivity index (χ0v) is 17.7. The summed E-state index contributed by atoms with van der Waals surface area (Å²) in [6.07, 6.45) is -7.60. The Bertz CT molecular complexity index is 641. The number of rotatable bonds is 7. The maximum absolute atomic E-state index is 13.0. The number of Topliss-reactive ketones (excluding diaryl/α,β-unsaturated/α-hetero) is 1. The summed E-state index contributed by atoms with van der Waals surface area (Å²) in [5.41, 5.74) is -2.63. The van der Waals surface area contributed by atoms with Crippen molar-refractivity contribution >= 4 is 23.7 Å². The molecule has 1 fully saturated rings. The standard InChI is InChI=1S/C19H30O10/c1-8(2)13(21)19(18(25)26-7)14(28-16(23)10(5)6)12(11(20)17(24)29-19)27-15(22)9(3)4/h8-12,14,17,20,24H,1-7H3/t11-,12-,14+,17-,19+/m1/s1. The van der Waals surface area contributed by atoms with E-state index in [1.165, 1.54) is 41.5 Å². The van der Waals surface area contributed by atoms with Crippen molar-refractivity contribution < 1.29 is 48.3 Å².